The molecular formula is C21H20ClN3O2. The Hall–Kier alpha value is -2.66. The number of aryl methyl sites for hydroxylation is 2. The number of nitrogens with zero attached hydrogens (tertiary/aromatic N) is 3. The highest BCUT2D eigenvalue weighted by atomic mass is 35.5. The second-order valence-electron chi connectivity index (χ2n) is 6.96. The standard InChI is InChI=1S/C21H20ClN3O2/c1-13-6-7-15(10-14(13)2)12-25-18(8-9-19(25)26)21-23-20(24-27-21)16-4-3-5-17(22)11-16/h3-7,10-11,18H,8-9,12H2,1-2H3. The van der Waals surface area contributed by atoms with E-state index in [2.05, 4.69) is 42.2 Å². The van der Waals surface area contributed by atoms with Crippen molar-refractivity contribution in [1.82, 2.24) is 15.0 Å². The molecule has 4 rings (SSSR count). The van der Waals surface area contributed by atoms with Gasteiger partial charge in [-0.25, -0.2) is 0 Å². The molecule has 1 saturated heterocycles. The van der Waals surface area contributed by atoms with Crippen molar-refractivity contribution in [2.24, 2.45) is 0 Å². The van der Waals surface area contributed by atoms with Gasteiger partial charge in [-0.05, 0) is 49.1 Å². The van der Waals surface area contributed by atoms with Crippen molar-refractivity contribution < 1.29 is 9.32 Å². The molecule has 1 amide bonds. The third kappa shape index (κ3) is 3.60. The summed E-state index contributed by atoms with van der Waals surface area (Å²) in [6, 6.07) is 13.4. The lowest BCUT2D eigenvalue weighted by molar-refractivity contribution is -0.129. The van der Waals surface area contributed by atoms with E-state index in [0.717, 1.165) is 11.1 Å². The molecule has 1 fully saturated rings. The van der Waals surface area contributed by atoms with Crippen molar-refractivity contribution in [2.45, 2.75) is 39.3 Å². The van der Waals surface area contributed by atoms with E-state index in [1.807, 2.05) is 17.0 Å². The average Bonchev–Trinajstić information content (AvgIpc) is 3.26. The van der Waals surface area contributed by atoms with Gasteiger partial charge in [0, 0.05) is 23.6 Å². The van der Waals surface area contributed by atoms with E-state index in [1.165, 1.54) is 11.1 Å². The van der Waals surface area contributed by atoms with Crippen LogP contribution in [-0.2, 0) is 11.3 Å². The Morgan fingerprint density at radius 2 is 2.04 bits per heavy atom. The molecule has 0 bridgehead atoms. The molecule has 0 N–H and O–H groups in total. The number of benzene rings is 2. The number of rotatable bonds is 4. The molecule has 1 unspecified atom stereocenters. The van der Waals surface area contributed by atoms with Crippen molar-refractivity contribution in [2.75, 3.05) is 0 Å². The number of likely N-dealkylation sites (tertiary alicyclic amines) is 1. The van der Waals surface area contributed by atoms with Crippen LogP contribution in [0.15, 0.2) is 47.0 Å². The van der Waals surface area contributed by atoms with Crippen LogP contribution in [-0.4, -0.2) is 20.9 Å². The highest BCUT2D eigenvalue weighted by Crippen LogP contribution is 2.34. The second-order valence-corrected chi connectivity index (χ2v) is 7.40. The molecule has 1 aliphatic rings. The number of halogens is 1. The fourth-order valence-corrected chi connectivity index (χ4v) is 3.59. The van der Waals surface area contributed by atoms with Gasteiger partial charge in [0.2, 0.25) is 17.6 Å². The molecule has 0 aliphatic carbocycles. The van der Waals surface area contributed by atoms with Crippen LogP contribution in [0.3, 0.4) is 0 Å². The van der Waals surface area contributed by atoms with Crippen LogP contribution in [0.4, 0.5) is 0 Å². The lowest BCUT2D eigenvalue weighted by atomic mass is 10.1. The van der Waals surface area contributed by atoms with Gasteiger partial charge >= 0.3 is 0 Å². The van der Waals surface area contributed by atoms with Gasteiger partial charge in [-0.3, -0.25) is 4.79 Å². The lowest BCUT2D eigenvalue weighted by Crippen LogP contribution is -2.27. The highest BCUT2D eigenvalue weighted by molar-refractivity contribution is 6.30. The summed E-state index contributed by atoms with van der Waals surface area (Å²) in [5.74, 6) is 1.07. The van der Waals surface area contributed by atoms with Gasteiger partial charge in [0.25, 0.3) is 0 Å². The molecule has 6 heteroatoms. The molecule has 0 saturated carbocycles. The topological polar surface area (TPSA) is 59.2 Å². The van der Waals surface area contributed by atoms with Gasteiger partial charge in [-0.1, -0.05) is 47.1 Å². The zero-order valence-corrected chi connectivity index (χ0v) is 16.0. The lowest BCUT2D eigenvalue weighted by Gasteiger charge is -2.22. The van der Waals surface area contributed by atoms with Crippen molar-refractivity contribution in [3.8, 4) is 11.4 Å². The molecule has 3 aromatic rings. The summed E-state index contributed by atoms with van der Waals surface area (Å²) in [5, 5.41) is 4.70. The fraction of sp³-hybridized carbons (Fsp3) is 0.286. The van der Waals surface area contributed by atoms with Gasteiger partial charge in [-0.2, -0.15) is 4.98 Å². The number of hydrogen-bond acceptors (Lipinski definition) is 4. The first kappa shape index (κ1) is 17.7. The minimum absolute atomic E-state index is 0.112. The Kier molecular flexibility index (Phi) is 4.70. The number of aromatic nitrogens is 2. The van der Waals surface area contributed by atoms with Gasteiger partial charge in [0.1, 0.15) is 6.04 Å². The van der Waals surface area contributed by atoms with Gasteiger partial charge in [0.05, 0.1) is 0 Å². The molecule has 1 atom stereocenters. The number of carbonyl (C=O) groups excluding carboxylic acids is 1. The molecule has 2 heterocycles. The smallest absolute Gasteiger partial charge is 0.249 e. The third-order valence-corrected chi connectivity index (χ3v) is 5.30. The Morgan fingerprint density at radius 3 is 2.81 bits per heavy atom. The van der Waals surface area contributed by atoms with Gasteiger partial charge in [-0.15, -0.1) is 0 Å². The van der Waals surface area contributed by atoms with Crippen LogP contribution in [0, 0.1) is 13.8 Å². The molecular weight excluding hydrogens is 362 g/mol. The van der Waals surface area contributed by atoms with Crippen LogP contribution in [0.5, 0.6) is 0 Å². The number of amides is 1. The average molecular weight is 382 g/mol. The maximum Gasteiger partial charge on any atom is 0.249 e. The van der Waals surface area contributed by atoms with Crippen LogP contribution in [0.25, 0.3) is 11.4 Å². The van der Waals surface area contributed by atoms with Crippen molar-refractivity contribution in [3.63, 3.8) is 0 Å². The first-order valence-electron chi connectivity index (χ1n) is 8.96. The van der Waals surface area contributed by atoms with Gasteiger partial charge < -0.3 is 9.42 Å². The molecule has 1 aromatic heterocycles. The first-order chi connectivity index (χ1) is 13.0. The summed E-state index contributed by atoms with van der Waals surface area (Å²) in [5.41, 5.74) is 4.36. The molecule has 0 spiro atoms. The third-order valence-electron chi connectivity index (χ3n) is 5.06. The summed E-state index contributed by atoms with van der Waals surface area (Å²) in [4.78, 5) is 18.8. The molecule has 2 aromatic carbocycles. The predicted molar refractivity (Wildman–Crippen MR) is 103 cm³/mol. The zero-order valence-electron chi connectivity index (χ0n) is 15.3. The van der Waals surface area contributed by atoms with Crippen molar-refractivity contribution >= 4 is 17.5 Å². The van der Waals surface area contributed by atoms with E-state index < -0.39 is 0 Å². The largest absolute Gasteiger partial charge is 0.337 e. The first-order valence-corrected chi connectivity index (χ1v) is 9.34. The summed E-state index contributed by atoms with van der Waals surface area (Å²) in [6.45, 7) is 4.70. The van der Waals surface area contributed by atoms with Crippen molar-refractivity contribution in [1.29, 1.82) is 0 Å². The Labute approximate surface area is 163 Å². The summed E-state index contributed by atoms with van der Waals surface area (Å²) < 4.78 is 5.50. The van der Waals surface area contributed by atoms with E-state index in [-0.39, 0.29) is 11.9 Å². The van der Waals surface area contributed by atoms with E-state index >= 15 is 0 Å². The van der Waals surface area contributed by atoms with Crippen LogP contribution >= 0.6 is 11.6 Å². The normalized spacial score (nSPS) is 16.9. The SMILES string of the molecule is Cc1ccc(CN2C(=O)CCC2c2nc(-c3cccc(Cl)c3)no2)cc1C. The minimum atomic E-state index is -0.195. The maximum absolute atomic E-state index is 12.5. The molecule has 138 valence electrons. The Morgan fingerprint density at radius 1 is 1.19 bits per heavy atom. The number of carbonyl (C=O) groups is 1. The quantitative estimate of drug-likeness (QED) is 0.646. The fourth-order valence-electron chi connectivity index (χ4n) is 3.40. The van der Waals surface area contributed by atoms with Crippen LogP contribution in [0.1, 0.15) is 41.5 Å². The number of hydrogen-bond donors (Lipinski definition) is 0. The van der Waals surface area contributed by atoms with E-state index in [9.17, 15) is 4.79 Å². The molecule has 0 radical (unpaired) electrons. The van der Waals surface area contributed by atoms with E-state index in [1.54, 1.807) is 12.1 Å². The summed E-state index contributed by atoms with van der Waals surface area (Å²) >= 11 is 6.05. The zero-order chi connectivity index (χ0) is 19.0. The Bertz CT molecular complexity index is 999. The Balaban J connectivity index is 1.59. The molecule has 1 aliphatic heterocycles. The summed E-state index contributed by atoms with van der Waals surface area (Å²) in [6.07, 6.45) is 1.17. The monoisotopic (exact) mass is 381 g/mol. The van der Waals surface area contributed by atoms with Crippen LogP contribution < -0.4 is 0 Å². The van der Waals surface area contributed by atoms with Gasteiger partial charge in [0.15, 0.2) is 0 Å². The maximum atomic E-state index is 12.5. The van der Waals surface area contributed by atoms with E-state index in [0.29, 0.717) is 36.1 Å². The van der Waals surface area contributed by atoms with Crippen LogP contribution in [0.2, 0.25) is 5.02 Å². The second kappa shape index (κ2) is 7.16. The predicted octanol–water partition coefficient (Wildman–Crippen LogP) is 4.87. The molecule has 5 nitrogen and oxygen atoms in total. The highest BCUT2D eigenvalue weighted by Gasteiger charge is 2.36. The summed E-state index contributed by atoms with van der Waals surface area (Å²) in [7, 11) is 0. The van der Waals surface area contributed by atoms with E-state index in [4.69, 9.17) is 16.1 Å². The van der Waals surface area contributed by atoms with Crippen molar-refractivity contribution in [3.05, 3.63) is 70.1 Å². The minimum Gasteiger partial charge on any atom is -0.337 e. The molecule has 27 heavy (non-hydrogen) atoms.